The smallest absolute Gasteiger partial charge is 0.258 e. The van der Waals surface area contributed by atoms with E-state index >= 15 is 0 Å². The van der Waals surface area contributed by atoms with Crippen LogP contribution in [0.3, 0.4) is 0 Å². The molecule has 2 aromatic carbocycles. The van der Waals surface area contributed by atoms with Gasteiger partial charge in [-0.3, -0.25) is 9.52 Å². The Labute approximate surface area is 140 Å². The van der Waals surface area contributed by atoms with Crippen molar-refractivity contribution in [2.24, 2.45) is 0 Å². The maximum atomic E-state index is 13.0. The maximum Gasteiger partial charge on any atom is 0.258 e. The van der Waals surface area contributed by atoms with E-state index in [9.17, 15) is 17.6 Å². The van der Waals surface area contributed by atoms with E-state index < -0.39 is 10.0 Å². The van der Waals surface area contributed by atoms with Gasteiger partial charge in [-0.15, -0.1) is 0 Å². The number of sulfonamides is 1. The third-order valence-electron chi connectivity index (χ3n) is 3.67. The summed E-state index contributed by atoms with van der Waals surface area (Å²) in [5, 5.41) is 0. The third-order valence-corrected chi connectivity index (χ3v) is 4.28. The first-order valence-corrected chi connectivity index (χ1v) is 9.39. The van der Waals surface area contributed by atoms with Crippen LogP contribution in [-0.4, -0.2) is 26.6 Å². The zero-order valence-electron chi connectivity index (χ0n) is 13.1. The molecule has 1 aliphatic carbocycles. The molecule has 0 radical (unpaired) electrons. The lowest BCUT2D eigenvalue weighted by Gasteiger charge is -2.23. The van der Waals surface area contributed by atoms with Crippen LogP contribution in [0.4, 0.5) is 15.8 Å². The molecular weight excluding hydrogens is 331 g/mol. The summed E-state index contributed by atoms with van der Waals surface area (Å²) in [6, 6.07) is 12.2. The van der Waals surface area contributed by atoms with Gasteiger partial charge < -0.3 is 4.90 Å². The highest BCUT2D eigenvalue weighted by Gasteiger charge is 2.34. The normalized spacial score (nSPS) is 14.2. The van der Waals surface area contributed by atoms with E-state index in [0.29, 0.717) is 16.9 Å². The maximum absolute atomic E-state index is 13.0. The van der Waals surface area contributed by atoms with Crippen molar-refractivity contribution in [1.82, 2.24) is 0 Å². The van der Waals surface area contributed by atoms with Gasteiger partial charge in [-0.2, -0.15) is 0 Å². The van der Waals surface area contributed by atoms with Crippen LogP contribution in [0.25, 0.3) is 0 Å². The second kappa shape index (κ2) is 6.24. The van der Waals surface area contributed by atoms with Crippen molar-refractivity contribution < 1.29 is 17.6 Å². The van der Waals surface area contributed by atoms with Crippen LogP contribution >= 0.6 is 0 Å². The number of carbonyl (C=O) groups is 1. The zero-order chi connectivity index (χ0) is 17.3. The number of hydrogen-bond donors (Lipinski definition) is 1. The lowest BCUT2D eigenvalue weighted by Crippen LogP contribution is -2.33. The summed E-state index contributed by atoms with van der Waals surface area (Å²) in [5.41, 5.74) is 1.54. The van der Waals surface area contributed by atoms with E-state index in [-0.39, 0.29) is 17.8 Å². The van der Waals surface area contributed by atoms with E-state index in [2.05, 4.69) is 4.72 Å². The molecule has 0 bridgehead atoms. The van der Waals surface area contributed by atoms with Crippen molar-refractivity contribution in [3.63, 3.8) is 0 Å². The van der Waals surface area contributed by atoms with Gasteiger partial charge in [0.05, 0.1) is 6.26 Å². The van der Waals surface area contributed by atoms with Gasteiger partial charge in [-0.1, -0.05) is 0 Å². The number of benzene rings is 2. The molecule has 0 aliphatic heterocycles. The molecule has 0 aromatic heterocycles. The number of amides is 1. The highest BCUT2D eigenvalue weighted by atomic mass is 32.2. The number of carbonyl (C=O) groups excluding carboxylic acids is 1. The van der Waals surface area contributed by atoms with Crippen LogP contribution in [0.2, 0.25) is 0 Å². The zero-order valence-corrected chi connectivity index (χ0v) is 13.9. The van der Waals surface area contributed by atoms with Crippen LogP contribution in [0, 0.1) is 5.82 Å². The second-order valence-corrected chi connectivity index (χ2v) is 7.58. The molecule has 0 saturated heterocycles. The first kappa shape index (κ1) is 16.4. The lowest BCUT2D eigenvalue weighted by atomic mass is 10.1. The summed E-state index contributed by atoms with van der Waals surface area (Å²) in [5.74, 6) is -0.581. The minimum atomic E-state index is -3.34. The SMILES string of the molecule is CS(=O)(=O)Nc1ccc(N(C(=O)c2ccc(F)cc2)C2CC2)cc1. The van der Waals surface area contributed by atoms with Crippen LogP contribution in [0.5, 0.6) is 0 Å². The van der Waals surface area contributed by atoms with Gasteiger partial charge >= 0.3 is 0 Å². The number of halogens is 1. The lowest BCUT2D eigenvalue weighted by molar-refractivity contribution is 0.0985. The molecule has 0 spiro atoms. The van der Waals surface area contributed by atoms with E-state index in [1.54, 1.807) is 29.2 Å². The number of hydrogen-bond acceptors (Lipinski definition) is 3. The number of rotatable bonds is 5. The standard InChI is InChI=1S/C17H17FN2O3S/c1-24(22,23)19-14-6-8-15(9-7-14)20(16-10-11-16)17(21)12-2-4-13(18)5-3-12/h2-9,16,19H,10-11H2,1H3. The van der Waals surface area contributed by atoms with E-state index in [1.807, 2.05) is 0 Å². The Morgan fingerprint density at radius 3 is 2.17 bits per heavy atom. The molecule has 0 unspecified atom stereocenters. The topological polar surface area (TPSA) is 66.5 Å². The Morgan fingerprint density at radius 2 is 1.67 bits per heavy atom. The first-order chi connectivity index (χ1) is 11.3. The molecule has 7 heteroatoms. The van der Waals surface area contributed by atoms with Crippen molar-refractivity contribution in [3.05, 3.63) is 59.9 Å². The van der Waals surface area contributed by atoms with Gasteiger partial charge in [-0.25, -0.2) is 12.8 Å². The molecule has 1 saturated carbocycles. The monoisotopic (exact) mass is 348 g/mol. The summed E-state index contributed by atoms with van der Waals surface area (Å²) >= 11 is 0. The molecule has 0 heterocycles. The van der Waals surface area contributed by atoms with Crippen molar-refractivity contribution >= 4 is 27.3 Å². The fourth-order valence-electron chi connectivity index (χ4n) is 2.46. The molecule has 24 heavy (non-hydrogen) atoms. The molecule has 1 fully saturated rings. The fourth-order valence-corrected chi connectivity index (χ4v) is 3.03. The minimum Gasteiger partial charge on any atom is -0.305 e. The van der Waals surface area contributed by atoms with Gasteiger partial charge in [0, 0.05) is 23.0 Å². The Morgan fingerprint density at radius 1 is 1.08 bits per heavy atom. The predicted molar refractivity (Wildman–Crippen MR) is 91.1 cm³/mol. The average Bonchev–Trinajstić information content (AvgIpc) is 3.33. The fraction of sp³-hybridized carbons (Fsp3) is 0.235. The molecular formula is C17H17FN2O3S. The van der Waals surface area contributed by atoms with Crippen LogP contribution in [0.1, 0.15) is 23.2 Å². The average molecular weight is 348 g/mol. The Balaban J connectivity index is 1.86. The van der Waals surface area contributed by atoms with E-state index in [1.165, 1.54) is 24.3 Å². The van der Waals surface area contributed by atoms with Gasteiger partial charge in [0.2, 0.25) is 10.0 Å². The third kappa shape index (κ3) is 3.91. The number of nitrogens with one attached hydrogen (secondary N) is 1. The van der Waals surface area contributed by atoms with Gasteiger partial charge in [0.25, 0.3) is 5.91 Å². The van der Waals surface area contributed by atoms with Gasteiger partial charge in [-0.05, 0) is 61.4 Å². The summed E-state index contributed by atoms with van der Waals surface area (Å²) in [6.45, 7) is 0. The highest BCUT2D eigenvalue weighted by molar-refractivity contribution is 7.92. The predicted octanol–water partition coefficient (Wildman–Crippen LogP) is 3.01. The largest absolute Gasteiger partial charge is 0.305 e. The quantitative estimate of drug-likeness (QED) is 0.903. The van der Waals surface area contributed by atoms with Crippen molar-refractivity contribution in [2.75, 3.05) is 15.9 Å². The Kier molecular flexibility index (Phi) is 4.28. The molecule has 2 aromatic rings. The molecule has 0 atom stereocenters. The van der Waals surface area contributed by atoms with Crippen LogP contribution in [0.15, 0.2) is 48.5 Å². The summed E-state index contributed by atoms with van der Waals surface area (Å²) in [6.07, 6.45) is 2.90. The van der Waals surface area contributed by atoms with E-state index in [4.69, 9.17) is 0 Å². The summed E-state index contributed by atoms with van der Waals surface area (Å²) in [7, 11) is -3.34. The molecule has 5 nitrogen and oxygen atoms in total. The van der Waals surface area contributed by atoms with Crippen LogP contribution in [-0.2, 0) is 10.0 Å². The van der Waals surface area contributed by atoms with Crippen molar-refractivity contribution in [2.45, 2.75) is 18.9 Å². The number of anilines is 2. The molecule has 3 rings (SSSR count). The number of nitrogens with zero attached hydrogens (tertiary/aromatic N) is 1. The Bertz CT molecular complexity index is 844. The molecule has 126 valence electrons. The molecule has 1 aliphatic rings. The van der Waals surface area contributed by atoms with Gasteiger partial charge in [0.1, 0.15) is 5.82 Å². The van der Waals surface area contributed by atoms with E-state index in [0.717, 1.165) is 19.1 Å². The van der Waals surface area contributed by atoms with Crippen molar-refractivity contribution in [1.29, 1.82) is 0 Å². The molecule has 1 amide bonds. The van der Waals surface area contributed by atoms with Crippen LogP contribution < -0.4 is 9.62 Å². The summed E-state index contributed by atoms with van der Waals surface area (Å²) < 4.78 is 37.9. The second-order valence-electron chi connectivity index (χ2n) is 5.83. The summed E-state index contributed by atoms with van der Waals surface area (Å²) in [4.78, 5) is 14.4. The van der Waals surface area contributed by atoms with Crippen molar-refractivity contribution in [3.8, 4) is 0 Å². The highest BCUT2D eigenvalue weighted by Crippen LogP contribution is 2.33. The minimum absolute atomic E-state index is 0.122. The molecule has 1 N–H and O–H groups in total. The van der Waals surface area contributed by atoms with Gasteiger partial charge in [0.15, 0.2) is 0 Å². The Hall–Kier alpha value is -2.41. The first-order valence-electron chi connectivity index (χ1n) is 7.50.